The molecule has 0 radical (unpaired) electrons. The molecule has 1 aromatic carbocycles. The average molecular weight is 337 g/mol. The molecule has 0 spiro atoms. The van der Waals surface area contributed by atoms with Gasteiger partial charge in [0.15, 0.2) is 0 Å². The Balaban J connectivity index is 2.09. The summed E-state index contributed by atoms with van der Waals surface area (Å²) in [6.07, 6.45) is 1.80. The molecule has 0 amide bonds. The molecule has 4 heteroatoms. The Morgan fingerprint density at radius 2 is 1.89 bits per heavy atom. The molecule has 2 atom stereocenters. The minimum Gasteiger partial charge on any atom is -0.323 e. The lowest BCUT2D eigenvalue weighted by atomic mass is 10.0. The van der Waals surface area contributed by atoms with Crippen LogP contribution < -0.4 is 5.73 Å². The summed E-state index contributed by atoms with van der Waals surface area (Å²) >= 11 is 5.21. The Kier molecular flexibility index (Phi) is 5.02. The maximum absolute atomic E-state index is 6.32. The number of pyridine rings is 1. The summed E-state index contributed by atoms with van der Waals surface area (Å²) < 4.78 is 1.02. The number of nitrogens with zero attached hydrogens (tertiary/aromatic N) is 1. The molecule has 0 aliphatic rings. The zero-order valence-corrected chi connectivity index (χ0v) is 13.4. The van der Waals surface area contributed by atoms with E-state index in [2.05, 4.69) is 59.0 Å². The fourth-order valence-corrected chi connectivity index (χ4v) is 3.26. The molecule has 0 bridgehead atoms. The SMILES string of the molecule is Cc1ccc(C(N)C(C)Sc2ncccc2Br)cc1. The predicted molar refractivity (Wildman–Crippen MR) is 85.4 cm³/mol. The Labute approximate surface area is 126 Å². The van der Waals surface area contributed by atoms with Gasteiger partial charge in [-0.15, -0.1) is 11.8 Å². The van der Waals surface area contributed by atoms with Gasteiger partial charge in [0, 0.05) is 22.0 Å². The lowest BCUT2D eigenvalue weighted by Crippen LogP contribution is -2.21. The maximum Gasteiger partial charge on any atom is 0.110 e. The predicted octanol–water partition coefficient (Wildman–Crippen LogP) is 4.33. The van der Waals surface area contributed by atoms with Gasteiger partial charge in [0.05, 0.1) is 0 Å². The monoisotopic (exact) mass is 336 g/mol. The van der Waals surface area contributed by atoms with Gasteiger partial charge in [-0.1, -0.05) is 36.8 Å². The third kappa shape index (κ3) is 3.81. The van der Waals surface area contributed by atoms with E-state index < -0.39 is 0 Å². The third-order valence-electron chi connectivity index (χ3n) is 2.99. The van der Waals surface area contributed by atoms with E-state index in [9.17, 15) is 0 Å². The van der Waals surface area contributed by atoms with E-state index in [-0.39, 0.29) is 11.3 Å². The molecule has 0 saturated carbocycles. The molecule has 0 aliphatic carbocycles. The quantitative estimate of drug-likeness (QED) is 0.844. The van der Waals surface area contributed by atoms with Crippen molar-refractivity contribution in [1.29, 1.82) is 0 Å². The van der Waals surface area contributed by atoms with Gasteiger partial charge in [-0.25, -0.2) is 4.98 Å². The van der Waals surface area contributed by atoms with Gasteiger partial charge < -0.3 is 5.73 Å². The Morgan fingerprint density at radius 3 is 2.53 bits per heavy atom. The second kappa shape index (κ2) is 6.55. The van der Waals surface area contributed by atoms with Gasteiger partial charge in [-0.2, -0.15) is 0 Å². The van der Waals surface area contributed by atoms with Crippen LogP contribution in [0.2, 0.25) is 0 Å². The summed E-state index contributed by atoms with van der Waals surface area (Å²) in [5, 5.41) is 1.24. The van der Waals surface area contributed by atoms with Gasteiger partial charge >= 0.3 is 0 Å². The Bertz CT molecular complexity index is 542. The molecule has 100 valence electrons. The van der Waals surface area contributed by atoms with E-state index in [0.29, 0.717) is 0 Å². The molecular formula is C15H17BrN2S. The average Bonchev–Trinajstić information content (AvgIpc) is 2.41. The number of nitrogens with two attached hydrogens (primary N) is 1. The van der Waals surface area contributed by atoms with Crippen LogP contribution in [-0.4, -0.2) is 10.2 Å². The molecule has 2 aromatic rings. The van der Waals surface area contributed by atoms with Gasteiger partial charge in [-0.3, -0.25) is 0 Å². The first-order chi connectivity index (χ1) is 9.08. The van der Waals surface area contributed by atoms with E-state index in [1.165, 1.54) is 5.56 Å². The summed E-state index contributed by atoms with van der Waals surface area (Å²) in [6.45, 7) is 4.22. The van der Waals surface area contributed by atoms with Crippen molar-refractivity contribution in [2.45, 2.75) is 30.2 Å². The van der Waals surface area contributed by atoms with Crippen molar-refractivity contribution in [3.63, 3.8) is 0 Å². The fourth-order valence-electron chi connectivity index (χ4n) is 1.77. The number of hydrogen-bond acceptors (Lipinski definition) is 3. The highest BCUT2D eigenvalue weighted by molar-refractivity contribution is 9.10. The summed E-state index contributed by atoms with van der Waals surface area (Å²) in [7, 11) is 0. The van der Waals surface area contributed by atoms with Crippen LogP contribution in [0.15, 0.2) is 52.1 Å². The normalized spacial score (nSPS) is 14.1. The Morgan fingerprint density at radius 1 is 1.21 bits per heavy atom. The number of rotatable bonds is 4. The number of aromatic nitrogens is 1. The molecule has 2 N–H and O–H groups in total. The highest BCUT2D eigenvalue weighted by Gasteiger charge is 2.17. The topological polar surface area (TPSA) is 38.9 Å². The number of hydrogen-bond donors (Lipinski definition) is 1. The molecule has 2 unspecified atom stereocenters. The lowest BCUT2D eigenvalue weighted by Gasteiger charge is -2.20. The molecule has 19 heavy (non-hydrogen) atoms. The molecule has 2 nitrogen and oxygen atoms in total. The van der Waals surface area contributed by atoms with Crippen LogP contribution in [0, 0.1) is 6.92 Å². The summed E-state index contributed by atoms with van der Waals surface area (Å²) in [4.78, 5) is 4.37. The number of thioether (sulfide) groups is 1. The Hall–Kier alpha value is -0.840. The highest BCUT2D eigenvalue weighted by atomic mass is 79.9. The fraction of sp³-hybridized carbons (Fsp3) is 0.267. The first-order valence-corrected chi connectivity index (χ1v) is 7.84. The van der Waals surface area contributed by atoms with E-state index in [4.69, 9.17) is 5.73 Å². The minimum absolute atomic E-state index is 0.000457. The van der Waals surface area contributed by atoms with Crippen molar-refractivity contribution in [3.8, 4) is 0 Å². The molecule has 0 fully saturated rings. The van der Waals surface area contributed by atoms with Gasteiger partial charge in [0.25, 0.3) is 0 Å². The zero-order valence-electron chi connectivity index (χ0n) is 11.0. The van der Waals surface area contributed by atoms with Gasteiger partial charge in [0.1, 0.15) is 5.03 Å². The van der Waals surface area contributed by atoms with Crippen LogP contribution in [0.3, 0.4) is 0 Å². The summed E-state index contributed by atoms with van der Waals surface area (Å²) in [5.74, 6) is 0. The molecular weight excluding hydrogens is 320 g/mol. The number of aryl methyl sites for hydroxylation is 1. The van der Waals surface area contributed by atoms with Crippen molar-refractivity contribution >= 4 is 27.7 Å². The first-order valence-electron chi connectivity index (χ1n) is 6.17. The summed E-state index contributed by atoms with van der Waals surface area (Å²) in [5.41, 5.74) is 8.74. The zero-order chi connectivity index (χ0) is 13.8. The standard InChI is InChI=1S/C15H17BrN2S/c1-10-5-7-12(8-6-10)14(17)11(2)19-15-13(16)4-3-9-18-15/h3-9,11,14H,17H2,1-2H3. The molecule has 1 aromatic heterocycles. The van der Waals surface area contributed by atoms with E-state index >= 15 is 0 Å². The van der Waals surface area contributed by atoms with Crippen LogP contribution in [0.1, 0.15) is 24.1 Å². The molecule has 0 aliphatic heterocycles. The van der Waals surface area contributed by atoms with Crippen molar-refractivity contribution in [2.24, 2.45) is 5.73 Å². The van der Waals surface area contributed by atoms with Gasteiger partial charge in [0.2, 0.25) is 0 Å². The third-order valence-corrected chi connectivity index (χ3v) is 5.11. The van der Waals surface area contributed by atoms with Gasteiger partial charge in [-0.05, 0) is 40.5 Å². The lowest BCUT2D eigenvalue weighted by molar-refractivity contribution is 0.713. The van der Waals surface area contributed by atoms with E-state index in [0.717, 1.165) is 15.1 Å². The van der Waals surface area contributed by atoms with E-state index in [1.54, 1.807) is 18.0 Å². The van der Waals surface area contributed by atoms with E-state index in [1.807, 2.05) is 12.1 Å². The van der Waals surface area contributed by atoms with Crippen LogP contribution >= 0.6 is 27.7 Å². The van der Waals surface area contributed by atoms with Crippen LogP contribution in [0.4, 0.5) is 0 Å². The number of halogens is 1. The molecule has 0 saturated heterocycles. The number of benzene rings is 1. The molecule has 2 rings (SSSR count). The second-order valence-corrected chi connectivity index (χ2v) is 6.77. The minimum atomic E-state index is -0.000457. The first kappa shape index (κ1) is 14.6. The summed E-state index contributed by atoms with van der Waals surface area (Å²) in [6, 6.07) is 12.3. The maximum atomic E-state index is 6.32. The van der Waals surface area contributed by atoms with Crippen molar-refractivity contribution in [1.82, 2.24) is 4.98 Å². The van der Waals surface area contributed by atoms with Crippen LogP contribution in [-0.2, 0) is 0 Å². The second-order valence-electron chi connectivity index (χ2n) is 4.55. The van der Waals surface area contributed by atoms with Crippen molar-refractivity contribution < 1.29 is 0 Å². The van der Waals surface area contributed by atoms with Crippen molar-refractivity contribution in [2.75, 3.05) is 0 Å². The van der Waals surface area contributed by atoms with Crippen LogP contribution in [0.5, 0.6) is 0 Å². The smallest absolute Gasteiger partial charge is 0.110 e. The van der Waals surface area contributed by atoms with Crippen LogP contribution in [0.25, 0.3) is 0 Å². The highest BCUT2D eigenvalue weighted by Crippen LogP contribution is 2.33. The largest absolute Gasteiger partial charge is 0.323 e. The molecule has 1 heterocycles. The van der Waals surface area contributed by atoms with Crippen molar-refractivity contribution in [3.05, 3.63) is 58.2 Å².